The molecule has 110 valence electrons. The van der Waals surface area contributed by atoms with Crippen molar-refractivity contribution < 1.29 is 4.39 Å². The molecule has 0 radical (unpaired) electrons. The Bertz CT molecular complexity index is 592. The molecule has 0 amide bonds. The molecule has 0 atom stereocenters. The molecule has 0 aromatic heterocycles. The second-order valence-electron chi connectivity index (χ2n) is 5.29. The molecule has 3 nitrogen and oxygen atoms in total. The molecule has 0 bridgehead atoms. The summed E-state index contributed by atoms with van der Waals surface area (Å²) in [7, 11) is 0. The van der Waals surface area contributed by atoms with Gasteiger partial charge in [-0.25, -0.2) is 4.39 Å². The number of nitrogens with two attached hydrogens (primary N) is 1. The highest BCUT2D eigenvalue weighted by atomic mass is 19.1. The van der Waals surface area contributed by atoms with Crippen molar-refractivity contribution >= 4 is 11.4 Å². The molecule has 1 aliphatic heterocycles. The van der Waals surface area contributed by atoms with Gasteiger partial charge in [0, 0.05) is 44.1 Å². The van der Waals surface area contributed by atoms with Crippen LogP contribution in [-0.4, -0.2) is 26.2 Å². The Morgan fingerprint density at radius 2 is 1.57 bits per heavy atom. The molecule has 1 saturated heterocycles. The molecule has 1 heterocycles. The van der Waals surface area contributed by atoms with Gasteiger partial charge in [0.25, 0.3) is 0 Å². The number of hydrogen-bond acceptors (Lipinski definition) is 3. The number of hydrogen-bond donors (Lipinski definition) is 1. The van der Waals surface area contributed by atoms with Crippen LogP contribution in [0.2, 0.25) is 0 Å². The fourth-order valence-corrected chi connectivity index (χ4v) is 2.87. The highest BCUT2D eigenvalue weighted by molar-refractivity contribution is 5.56. The van der Waals surface area contributed by atoms with Gasteiger partial charge >= 0.3 is 0 Å². The molecule has 4 heteroatoms. The molecule has 0 saturated carbocycles. The van der Waals surface area contributed by atoms with Gasteiger partial charge in [0.1, 0.15) is 5.82 Å². The molecule has 1 fully saturated rings. The third kappa shape index (κ3) is 3.00. The van der Waals surface area contributed by atoms with Crippen molar-refractivity contribution in [1.29, 1.82) is 0 Å². The molecule has 3 rings (SSSR count). The lowest BCUT2D eigenvalue weighted by molar-refractivity contribution is 0.621. The Kier molecular flexibility index (Phi) is 4.06. The van der Waals surface area contributed by atoms with Gasteiger partial charge in [-0.05, 0) is 35.9 Å². The van der Waals surface area contributed by atoms with Crippen molar-refractivity contribution in [2.75, 3.05) is 36.0 Å². The molecule has 2 aromatic rings. The quantitative estimate of drug-likeness (QED) is 0.941. The molecular formula is C17H20FN3. The highest BCUT2D eigenvalue weighted by Gasteiger charge is 2.19. The lowest BCUT2D eigenvalue weighted by Gasteiger charge is -2.38. The van der Waals surface area contributed by atoms with Crippen LogP contribution in [0.5, 0.6) is 0 Å². The van der Waals surface area contributed by atoms with Crippen LogP contribution in [0.15, 0.2) is 48.5 Å². The zero-order chi connectivity index (χ0) is 14.7. The van der Waals surface area contributed by atoms with E-state index < -0.39 is 0 Å². The van der Waals surface area contributed by atoms with Gasteiger partial charge in [-0.3, -0.25) is 0 Å². The zero-order valence-corrected chi connectivity index (χ0v) is 12.0. The lowest BCUT2D eigenvalue weighted by Crippen LogP contribution is -2.46. The van der Waals surface area contributed by atoms with E-state index in [1.807, 2.05) is 12.1 Å². The Labute approximate surface area is 124 Å². The van der Waals surface area contributed by atoms with Gasteiger partial charge in [0.2, 0.25) is 0 Å². The second-order valence-corrected chi connectivity index (χ2v) is 5.29. The van der Waals surface area contributed by atoms with Gasteiger partial charge in [-0.15, -0.1) is 0 Å². The minimum absolute atomic E-state index is 0.220. The number of anilines is 2. The van der Waals surface area contributed by atoms with Crippen LogP contribution in [0.3, 0.4) is 0 Å². The summed E-state index contributed by atoms with van der Waals surface area (Å²) in [6.45, 7) is 4.14. The zero-order valence-electron chi connectivity index (χ0n) is 12.0. The average Bonchev–Trinajstić information content (AvgIpc) is 2.56. The third-order valence-corrected chi connectivity index (χ3v) is 4.00. The Hall–Kier alpha value is -2.07. The van der Waals surface area contributed by atoms with Crippen molar-refractivity contribution in [3.8, 4) is 0 Å². The van der Waals surface area contributed by atoms with E-state index in [4.69, 9.17) is 5.73 Å². The topological polar surface area (TPSA) is 32.5 Å². The number of benzene rings is 2. The highest BCUT2D eigenvalue weighted by Crippen LogP contribution is 2.24. The van der Waals surface area contributed by atoms with Gasteiger partial charge in [-0.1, -0.05) is 18.2 Å². The van der Waals surface area contributed by atoms with Crippen molar-refractivity contribution in [3.63, 3.8) is 0 Å². The summed E-state index contributed by atoms with van der Waals surface area (Å²) in [5.74, 6) is -0.220. The first kappa shape index (κ1) is 13.9. The van der Waals surface area contributed by atoms with Gasteiger partial charge < -0.3 is 15.5 Å². The van der Waals surface area contributed by atoms with Crippen molar-refractivity contribution in [1.82, 2.24) is 0 Å². The molecule has 2 N–H and O–H groups in total. The summed E-state index contributed by atoms with van der Waals surface area (Å²) in [5, 5.41) is 0. The number of piperazine rings is 1. The monoisotopic (exact) mass is 285 g/mol. The first-order valence-corrected chi connectivity index (χ1v) is 7.31. The van der Waals surface area contributed by atoms with Gasteiger partial charge in [0.15, 0.2) is 0 Å². The standard InChI is InChI=1S/C17H20FN3/c18-15-6-7-17(14(12-15)13-19)21-10-8-20(9-11-21)16-4-2-1-3-5-16/h1-7,12H,8-11,13,19H2. The lowest BCUT2D eigenvalue weighted by atomic mass is 10.1. The van der Waals surface area contributed by atoms with Crippen molar-refractivity contribution in [2.45, 2.75) is 6.54 Å². The fraction of sp³-hybridized carbons (Fsp3) is 0.294. The van der Waals surface area contributed by atoms with Crippen LogP contribution < -0.4 is 15.5 Å². The first-order valence-electron chi connectivity index (χ1n) is 7.31. The number of para-hydroxylation sites is 1. The third-order valence-electron chi connectivity index (χ3n) is 4.00. The molecule has 0 spiro atoms. The summed E-state index contributed by atoms with van der Waals surface area (Å²) in [6.07, 6.45) is 0. The average molecular weight is 285 g/mol. The van der Waals surface area contributed by atoms with Gasteiger partial charge in [-0.2, -0.15) is 0 Å². The smallest absolute Gasteiger partial charge is 0.123 e. The van der Waals surface area contributed by atoms with E-state index in [1.165, 1.54) is 11.8 Å². The Balaban J connectivity index is 1.71. The Morgan fingerprint density at radius 3 is 2.24 bits per heavy atom. The van der Waals surface area contributed by atoms with Crippen LogP contribution in [-0.2, 0) is 6.54 Å². The minimum atomic E-state index is -0.220. The molecule has 1 aliphatic rings. The van der Waals surface area contributed by atoms with Crippen molar-refractivity contribution in [3.05, 3.63) is 59.9 Å². The van der Waals surface area contributed by atoms with Crippen LogP contribution in [0, 0.1) is 5.82 Å². The summed E-state index contributed by atoms with van der Waals surface area (Å²) >= 11 is 0. The van der Waals surface area contributed by atoms with E-state index in [9.17, 15) is 4.39 Å². The molecule has 21 heavy (non-hydrogen) atoms. The molecule has 0 unspecified atom stereocenters. The SMILES string of the molecule is NCc1cc(F)ccc1N1CCN(c2ccccc2)CC1. The Morgan fingerprint density at radius 1 is 0.905 bits per heavy atom. The predicted molar refractivity (Wildman–Crippen MR) is 85.2 cm³/mol. The van der Waals surface area contributed by atoms with E-state index in [0.717, 1.165) is 37.4 Å². The fourth-order valence-electron chi connectivity index (χ4n) is 2.87. The van der Waals surface area contributed by atoms with E-state index >= 15 is 0 Å². The molecule has 2 aromatic carbocycles. The summed E-state index contributed by atoms with van der Waals surface area (Å²) in [6, 6.07) is 15.3. The van der Waals surface area contributed by atoms with Crippen LogP contribution in [0.25, 0.3) is 0 Å². The first-order chi connectivity index (χ1) is 10.3. The number of halogens is 1. The second kappa shape index (κ2) is 6.14. The normalized spacial score (nSPS) is 15.3. The predicted octanol–water partition coefficient (Wildman–Crippen LogP) is 2.61. The number of rotatable bonds is 3. The largest absolute Gasteiger partial charge is 0.368 e. The maximum atomic E-state index is 13.3. The summed E-state index contributed by atoms with van der Waals surface area (Å²) in [5.41, 5.74) is 8.94. The van der Waals surface area contributed by atoms with Gasteiger partial charge in [0.05, 0.1) is 0 Å². The van der Waals surface area contributed by atoms with Crippen LogP contribution in [0.4, 0.5) is 15.8 Å². The van der Waals surface area contributed by atoms with E-state index in [1.54, 1.807) is 6.07 Å². The number of nitrogens with zero attached hydrogens (tertiary/aromatic N) is 2. The van der Waals surface area contributed by atoms with Crippen LogP contribution in [0.1, 0.15) is 5.56 Å². The van der Waals surface area contributed by atoms with Crippen LogP contribution >= 0.6 is 0 Å². The van der Waals surface area contributed by atoms with E-state index in [0.29, 0.717) is 6.54 Å². The van der Waals surface area contributed by atoms with Crippen molar-refractivity contribution in [2.24, 2.45) is 5.73 Å². The maximum absolute atomic E-state index is 13.3. The summed E-state index contributed by atoms with van der Waals surface area (Å²) < 4.78 is 13.3. The summed E-state index contributed by atoms with van der Waals surface area (Å²) in [4.78, 5) is 4.67. The molecule has 0 aliphatic carbocycles. The molecular weight excluding hydrogens is 265 g/mol. The van der Waals surface area contributed by atoms with E-state index in [2.05, 4.69) is 34.1 Å². The minimum Gasteiger partial charge on any atom is -0.368 e. The maximum Gasteiger partial charge on any atom is 0.123 e. The van der Waals surface area contributed by atoms with E-state index in [-0.39, 0.29) is 5.82 Å².